The monoisotopic (exact) mass is 307 g/mol. The molecule has 114 valence electrons. The molecule has 1 atom stereocenters. The van der Waals surface area contributed by atoms with E-state index in [0.29, 0.717) is 4.57 Å². The predicted octanol–water partition coefficient (Wildman–Crippen LogP) is 0.439. The van der Waals surface area contributed by atoms with Crippen LogP contribution in [0.15, 0.2) is 22.9 Å². The fourth-order valence-electron chi connectivity index (χ4n) is 2.36. The number of benzene rings is 1. The summed E-state index contributed by atoms with van der Waals surface area (Å²) in [4.78, 5) is 41.9. The van der Waals surface area contributed by atoms with E-state index in [9.17, 15) is 14.4 Å². The number of imide groups is 1. The Morgan fingerprint density at radius 3 is 2.91 bits per heavy atom. The van der Waals surface area contributed by atoms with Crippen LogP contribution in [0.25, 0.3) is 10.9 Å². The van der Waals surface area contributed by atoms with E-state index in [1.165, 1.54) is 6.92 Å². The molecule has 0 unspecified atom stereocenters. The molecule has 3 N–H and O–H groups in total. The van der Waals surface area contributed by atoms with Gasteiger partial charge in [0.15, 0.2) is 0 Å². The number of piperidine rings is 1. The van der Waals surface area contributed by atoms with Gasteiger partial charge in [0.2, 0.25) is 5.91 Å². The van der Waals surface area contributed by atoms with Gasteiger partial charge in [-0.25, -0.2) is 4.98 Å². The van der Waals surface area contributed by atoms with E-state index in [2.05, 4.69) is 4.98 Å². The molecular formula is C15H16N4O3. The number of amides is 2. The second-order valence-corrected chi connectivity index (χ2v) is 4.92. The zero-order chi connectivity index (χ0) is 22.3. The molecule has 1 aromatic heterocycles. The minimum atomic E-state index is -3.18. The lowest BCUT2D eigenvalue weighted by Gasteiger charge is -2.34. The van der Waals surface area contributed by atoms with Crippen molar-refractivity contribution >= 4 is 28.4 Å². The zero-order valence-electron chi connectivity index (χ0n) is 18.7. The van der Waals surface area contributed by atoms with Gasteiger partial charge < -0.3 is 5.73 Å². The van der Waals surface area contributed by atoms with Gasteiger partial charge in [-0.05, 0) is 32.3 Å². The van der Waals surface area contributed by atoms with Crippen LogP contribution in [0.3, 0.4) is 0 Å². The first kappa shape index (κ1) is 8.07. The first-order valence-electron chi connectivity index (χ1n) is 9.77. The molecule has 1 saturated heterocycles. The van der Waals surface area contributed by atoms with Crippen molar-refractivity contribution in [2.24, 2.45) is 0 Å². The smallest absolute Gasteiger partial charge is 0.264 e. The van der Waals surface area contributed by atoms with Crippen LogP contribution in [0.4, 0.5) is 5.69 Å². The average molecular weight is 307 g/mol. The quantitative estimate of drug-likeness (QED) is 0.587. The Kier molecular flexibility index (Phi) is 1.71. The highest BCUT2D eigenvalue weighted by atomic mass is 16.2. The standard InChI is InChI=1S/C15H16N4O3/c1-8-17-10-5-3-4-9(16)12(10)13(21)19(8)15(2)7-6-11(20)18-14(15)22/h3-5H,6-7,16H2,1-2H3,(H,18,20,22)/t15-/m1/s1/i3D,4D,5D,6D2,7D2. The molecule has 1 aliphatic heterocycles. The van der Waals surface area contributed by atoms with E-state index in [-0.39, 0.29) is 11.3 Å². The van der Waals surface area contributed by atoms with Gasteiger partial charge in [0.1, 0.15) is 11.4 Å². The van der Waals surface area contributed by atoms with Crippen LogP contribution < -0.4 is 16.6 Å². The van der Waals surface area contributed by atoms with Crippen molar-refractivity contribution in [1.29, 1.82) is 0 Å². The molecule has 2 heterocycles. The minimum absolute atomic E-state index is 0.265. The summed E-state index contributed by atoms with van der Waals surface area (Å²) in [5.74, 6) is -3.01. The fraction of sp³-hybridized carbons (Fsp3) is 0.333. The first-order valence-corrected chi connectivity index (χ1v) is 6.27. The number of nitrogens with two attached hydrogens (primary N) is 1. The van der Waals surface area contributed by atoms with Gasteiger partial charge in [0.25, 0.3) is 11.5 Å². The molecule has 3 rings (SSSR count). The molecule has 22 heavy (non-hydrogen) atoms. The summed E-state index contributed by atoms with van der Waals surface area (Å²) >= 11 is 0. The highest BCUT2D eigenvalue weighted by Crippen LogP contribution is 2.27. The van der Waals surface area contributed by atoms with Crippen LogP contribution in [0.2, 0.25) is 0 Å². The van der Waals surface area contributed by atoms with Gasteiger partial charge in [-0.1, -0.05) is 6.04 Å². The van der Waals surface area contributed by atoms with E-state index < -0.39 is 64.9 Å². The molecule has 7 heteroatoms. The van der Waals surface area contributed by atoms with Gasteiger partial charge in [-0.3, -0.25) is 24.3 Å². The molecule has 7 nitrogen and oxygen atoms in total. The lowest BCUT2D eigenvalue weighted by Crippen LogP contribution is -2.56. The Bertz CT molecular complexity index is 1180. The summed E-state index contributed by atoms with van der Waals surface area (Å²) < 4.78 is 56.3. The summed E-state index contributed by atoms with van der Waals surface area (Å²) in [5.41, 5.74) is 1.36. The normalized spacial score (nSPS) is 31.1. The van der Waals surface area contributed by atoms with E-state index in [1.807, 2.05) is 0 Å². The fourth-order valence-corrected chi connectivity index (χ4v) is 2.36. The Morgan fingerprint density at radius 2 is 2.18 bits per heavy atom. The Labute approximate surface area is 136 Å². The summed E-state index contributed by atoms with van der Waals surface area (Å²) in [5, 5.41) is 1.28. The van der Waals surface area contributed by atoms with Crippen molar-refractivity contribution in [3.05, 3.63) is 34.3 Å². The van der Waals surface area contributed by atoms with Crippen LogP contribution in [-0.2, 0) is 15.1 Å². The molecule has 1 aromatic carbocycles. The molecule has 2 amide bonds. The topological polar surface area (TPSA) is 107 Å². The number of fused-ring (bicyclic) bond motifs is 1. The molecule has 0 bridgehead atoms. The maximum absolute atomic E-state index is 13.3. The van der Waals surface area contributed by atoms with Crippen molar-refractivity contribution in [2.75, 3.05) is 5.73 Å². The van der Waals surface area contributed by atoms with Gasteiger partial charge >= 0.3 is 0 Å². The van der Waals surface area contributed by atoms with Crippen molar-refractivity contribution in [3.63, 3.8) is 0 Å². The molecule has 0 aliphatic carbocycles. The largest absolute Gasteiger partial charge is 0.398 e. The number of aryl methyl sites for hydroxylation is 1. The third-order valence-electron chi connectivity index (χ3n) is 3.43. The van der Waals surface area contributed by atoms with Crippen molar-refractivity contribution in [1.82, 2.24) is 14.9 Å². The van der Waals surface area contributed by atoms with Gasteiger partial charge in [-0.15, -0.1) is 0 Å². The number of carbonyl (C=O) groups is 2. The third-order valence-corrected chi connectivity index (χ3v) is 3.43. The molecule has 0 spiro atoms. The van der Waals surface area contributed by atoms with Crippen LogP contribution in [0.1, 0.15) is 35.1 Å². The number of carbonyl (C=O) groups excluding carboxylic acids is 2. The van der Waals surface area contributed by atoms with Crippen LogP contribution >= 0.6 is 0 Å². The second kappa shape index (κ2) is 4.66. The van der Waals surface area contributed by atoms with Crippen LogP contribution in [0, 0.1) is 6.92 Å². The SMILES string of the molecule is [2H]c1c([2H])c(N)c2c(=O)n([C@@]3(C)C(=O)NC(=O)C([2H])([2H])C3([2H])[2H])c(C)nc2c1[2H]. The van der Waals surface area contributed by atoms with E-state index in [1.54, 1.807) is 5.32 Å². The summed E-state index contributed by atoms with van der Waals surface area (Å²) in [6.45, 7) is 2.18. The highest BCUT2D eigenvalue weighted by molar-refractivity contribution is 6.01. The number of nitrogens with one attached hydrogen (secondary N) is 1. The molecule has 0 saturated carbocycles. The van der Waals surface area contributed by atoms with Crippen molar-refractivity contribution in [2.45, 2.75) is 32.1 Å². The zero-order valence-corrected chi connectivity index (χ0v) is 11.7. The molecule has 2 aromatic rings. The Hall–Kier alpha value is -2.70. The number of hydrogen-bond donors (Lipinski definition) is 2. The Morgan fingerprint density at radius 1 is 1.45 bits per heavy atom. The molecule has 1 aliphatic rings. The van der Waals surface area contributed by atoms with Crippen molar-refractivity contribution < 1.29 is 19.2 Å². The lowest BCUT2D eigenvalue weighted by atomic mass is 9.90. The summed E-state index contributed by atoms with van der Waals surface area (Å²) in [7, 11) is 0. The number of nitrogen functional groups attached to an aromatic ring is 1. The molecular weight excluding hydrogens is 284 g/mol. The van der Waals surface area contributed by atoms with Gasteiger partial charge in [0, 0.05) is 17.5 Å². The minimum Gasteiger partial charge on any atom is -0.398 e. The number of hydrogen-bond acceptors (Lipinski definition) is 5. The molecule has 0 radical (unpaired) electrons. The summed E-state index contributed by atoms with van der Waals surface area (Å²) in [6.07, 6.45) is -6.35. The highest BCUT2D eigenvalue weighted by Gasteiger charge is 2.42. The van der Waals surface area contributed by atoms with E-state index in [0.717, 1.165) is 6.92 Å². The average Bonchev–Trinajstić information content (AvgIpc) is 2.62. The van der Waals surface area contributed by atoms with Gasteiger partial charge in [-0.2, -0.15) is 0 Å². The van der Waals surface area contributed by atoms with Crippen LogP contribution in [0.5, 0.6) is 0 Å². The maximum atomic E-state index is 13.3. The van der Waals surface area contributed by atoms with Crippen LogP contribution in [-0.4, -0.2) is 21.4 Å². The van der Waals surface area contributed by atoms with E-state index in [4.69, 9.17) is 15.3 Å². The number of aromatic nitrogens is 2. The number of nitrogens with zero attached hydrogens (tertiary/aromatic N) is 2. The Balaban J connectivity index is 2.52. The van der Waals surface area contributed by atoms with Crippen molar-refractivity contribution in [3.8, 4) is 0 Å². The lowest BCUT2D eigenvalue weighted by molar-refractivity contribution is -0.140. The first-order chi connectivity index (χ1) is 13.1. The second-order valence-electron chi connectivity index (χ2n) is 4.92. The van der Waals surface area contributed by atoms with Gasteiger partial charge in [0.05, 0.1) is 15.0 Å². The third kappa shape index (κ3) is 1.89. The number of rotatable bonds is 1. The molecule has 1 fully saturated rings. The van der Waals surface area contributed by atoms with E-state index >= 15 is 0 Å². The maximum Gasteiger partial charge on any atom is 0.264 e. The predicted molar refractivity (Wildman–Crippen MR) is 81.2 cm³/mol. The summed E-state index contributed by atoms with van der Waals surface area (Å²) in [6, 6.07) is -1.71. The number of anilines is 1.